The van der Waals surface area contributed by atoms with E-state index in [2.05, 4.69) is 15.4 Å². The van der Waals surface area contributed by atoms with E-state index in [-0.39, 0.29) is 52.6 Å². The highest BCUT2D eigenvalue weighted by molar-refractivity contribution is 6.33. The second kappa shape index (κ2) is 11.3. The van der Waals surface area contributed by atoms with E-state index in [4.69, 9.17) is 32.7 Å². The quantitative estimate of drug-likeness (QED) is 0.396. The summed E-state index contributed by atoms with van der Waals surface area (Å²) in [6.07, 6.45) is 1.38. The fourth-order valence-corrected chi connectivity index (χ4v) is 5.34. The first-order chi connectivity index (χ1) is 18.0. The number of amides is 2. The summed E-state index contributed by atoms with van der Waals surface area (Å²) in [6, 6.07) is 8.30. The molecule has 1 atom stereocenters. The van der Waals surface area contributed by atoms with Crippen LogP contribution in [0.1, 0.15) is 42.5 Å². The number of carbonyl (C=O) groups excluding carboxylic acids is 3. The van der Waals surface area contributed by atoms with E-state index in [0.29, 0.717) is 25.7 Å². The standard InChI is InChI=1S/C26H27Cl2FN2O7/c1-36-24(35)17-10-15(2-4-18(17)27)37-13-22(33)30-25-6-8-26(9-7-25,21(32)12-25)31-23(34)14-38-16-3-5-19(28)20(29)11-16/h2-5,10-11,21,32H,6-9,12-14H2,1H3,(H,30,33)(H,31,34)/t21-,25?,26?/m0/s1. The predicted molar refractivity (Wildman–Crippen MR) is 136 cm³/mol. The van der Waals surface area contributed by atoms with Crippen molar-refractivity contribution in [1.82, 2.24) is 10.6 Å². The lowest BCUT2D eigenvalue weighted by Crippen LogP contribution is -2.70. The summed E-state index contributed by atoms with van der Waals surface area (Å²) in [6.45, 7) is -0.651. The maximum absolute atomic E-state index is 13.6. The van der Waals surface area contributed by atoms with Gasteiger partial charge in [-0.05, 0) is 62.4 Å². The van der Waals surface area contributed by atoms with Gasteiger partial charge >= 0.3 is 5.97 Å². The molecule has 3 N–H and O–H groups in total. The average Bonchev–Trinajstić information content (AvgIpc) is 2.89. The summed E-state index contributed by atoms with van der Waals surface area (Å²) < 4.78 is 29.2. The number of hydrogen-bond acceptors (Lipinski definition) is 7. The molecule has 38 heavy (non-hydrogen) atoms. The molecule has 5 rings (SSSR count). The van der Waals surface area contributed by atoms with Crippen molar-refractivity contribution in [2.24, 2.45) is 0 Å². The van der Waals surface area contributed by atoms with Gasteiger partial charge in [-0.1, -0.05) is 23.2 Å². The Morgan fingerprint density at radius 1 is 0.947 bits per heavy atom. The van der Waals surface area contributed by atoms with Gasteiger partial charge in [-0.2, -0.15) is 0 Å². The molecular formula is C26H27Cl2FN2O7. The van der Waals surface area contributed by atoms with Gasteiger partial charge in [0.15, 0.2) is 13.2 Å². The van der Waals surface area contributed by atoms with Gasteiger partial charge < -0.3 is 30.0 Å². The van der Waals surface area contributed by atoms with Crippen LogP contribution in [0, 0.1) is 5.82 Å². The smallest absolute Gasteiger partial charge is 0.339 e. The number of hydrogen-bond donors (Lipinski definition) is 3. The number of carbonyl (C=O) groups is 3. The second-order valence-electron chi connectivity index (χ2n) is 9.54. The van der Waals surface area contributed by atoms with Gasteiger partial charge in [0.25, 0.3) is 11.8 Å². The molecule has 12 heteroatoms. The minimum Gasteiger partial charge on any atom is -0.484 e. The zero-order valence-corrected chi connectivity index (χ0v) is 22.0. The lowest BCUT2D eigenvalue weighted by atomic mass is 9.60. The lowest BCUT2D eigenvalue weighted by molar-refractivity contribution is -0.137. The summed E-state index contributed by atoms with van der Waals surface area (Å²) in [5, 5.41) is 16.9. The number of methoxy groups -OCH3 is 1. The van der Waals surface area contributed by atoms with Crippen molar-refractivity contribution >= 4 is 41.0 Å². The van der Waals surface area contributed by atoms with E-state index in [1.54, 1.807) is 0 Å². The van der Waals surface area contributed by atoms with Crippen LogP contribution in [0.5, 0.6) is 11.5 Å². The molecule has 0 radical (unpaired) electrons. The zero-order valence-electron chi connectivity index (χ0n) is 20.5. The predicted octanol–water partition coefficient (Wildman–Crippen LogP) is 3.43. The zero-order chi connectivity index (χ0) is 27.5. The second-order valence-corrected chi connectivity index (χ2v) is 10.4. The van der Waals surface area contributed by atoms with Gasteiger partial charge in [0, 0.05) is 11.6 Å². The average molecular weight is 569 g/mol. The van der Waals surface area contributed by atoms with Crippen LogP contribution in [0.15, 0.2) is 36.4 Å². The van der Waals surface area contributed by atoms with E-state index >= 15 is 0 Å². The molecule has 2 aromatic rings. The van der Waals surface area contributed by atoms with Crippen LogP contribution in [0.3, 0.4) is 0 Å². The summed E-state index contributed by atoms with van der Waals surface area (Å²) in [4.78, 5) is 37.0. The van der Waals surface area contributed by atoms with E-state index < -0.39 is 34.9 Å². The Bertz CT molecular complexity index is 1230. The third kappa shape index (κ3) is 6.14. The minimum atomic E-state index is -0.887. The van der Waals surface area contributed by atoms with Crippen LogP contribution in [0.25, 0.3) is 0 Å². The first-order valence-corrected chi connectivity index (χ1v) is 12.7. The summed E-state index contributed by atoms with van der Waals surface area (Å²) >= 11 is 11.7. The number of ether oxygens (including phenoxy) is 3. The van der Waals surface area contributed by atoms with Crippen molar-refractivity contribution in [3.63, 3.8) is 0 Å². The molecule has 2 bridgehead atoms. The highest BCUT2D eigenvalue weighted by Gasteiger charge is 2.55. The molecule has 0 aliphatic heterocycles. The van der Waals surface area contributed by atoms with Crippen LogP contribution < -0.4 is 20.1 Å². The highest BCUT2D eigenvalue weighted by Crippen LogP contribution is 2.47. The molecule has 3 aliphatic carbocycles. The fourth-order valence-electron chi connectivity index (χ4n) is 5.03. The van der Waals surface area contributed by atoms with Gasteiger partial charge in [0.2, 0.25) is 0 Å². The highest BCUT2D eigenvalue weighted by atomic mass is 35.5. The van der Waals surface area contributed by atoms with Crippen LogP contribution in [-0.2, 0) is 14.3 Å². The summed E-state index contributed by atoms with van der Waals surface area (Å²) in [5.41, 5.74) is -1.33. The van der Waals surface area contributed by atoms with E-state index in [1.807, 2.05) is 0 Å². The molecule has 204 valence electrons. The summed E-state index contributed by atoms with van der Waals surface area (Å²) in [7, 11) is 1.24. The van der Waals surface area contributed by atoms with Crippen LogP contribution in [0.4, 0.5) is 4.39 Å². The van der Waals surface area contributed by atoms with Crippen LogP contribution in [-0.4, -0.2) is 60.4 Å². The topological polar surface area (TPSA) is 123 Å². The Morgan fingerprint density at radius 3 is 2.11 bits per heavy atom. The molecule has 2 amide bonds. The Balaban J connectivity index is 1.28. The third-order valence-electron chi connectivity index (χ3n) is 7.09. The molecule has 0 unspecified atom stereocenters. The Kier molecular flexibility index (Phi) is 8.34. The van der Waals surface area contributed by atoms with Crippen molar-refractivity contribution in [1.29, 1.82) is 0 Å². The fraction of sp³-hybridized carbons (Fsp3) is 0.423. The van der Waals surface area contributed by atoms with Gasteiger partial charge in [0.05, 0.1) is 34.4 Å². The van der Waals surface area contributed by atoms with Gasteiger partial charge in [0.1, 0.15) is 17.3 Å². The maximum Gasteiger partial charge on any atom is 0.339 e. The molecule has 3 saturated carbocycles. The number of aliphatic hydroxyl groups is 1. The van der Waals surface area contributed by atoms with E-state index in [1.165, 1.54) is 37.4 Å². The van der Waals surface area contributed by atoms with Gasteiger partial charge in [-0.15, -0.1) is 0 Å². The Hall–Kier alpha value is -3.08. The minimum absolute atomic E-state index is 0.0481. The monoisotopic (exact) mass is 568 g/mol. The largest absolute Gasteiger partial charge is 0.484 e. The maximum atomic E-state index is 13.6. The molecule has 0 spiro atoms. The van der Waals surface area contributed by atoms with Crippen molar-refractivity contribution < 1.29 is 38.1 Å². The third-order valence-corrected chi connectivity index (χ3v) is 7.72. The van der Waals surface area contributed by atoms with Crippen molar-refractivity contribution in [2.45, 2.75) is 49.3 Å². The molecule has 2 aromatic carbocycles. The number of halogens is 3. The van der Waals surface area contributed by atoms with Gasteiger partial charge in [-0.3, -0.25) is 9.59 Å². The molecular weight excluding hydrogens is 542 g/mol. The first-order valence-electron chi connectivity index (χ1n) is 11.9. The normalized spacial score (nSPS) is 23.9. The van der Waals surface area contributed by atoms with Crippen LogP contribution >= 0.6 is 23.2 Å². The molecule has 3 aliphatic rings. The number of benzene rings is 2. The number of aliphatic hydroxyl groups excluding tert-OH is 1. The first kappa shape index (κ1) is 27.9. The number of rotatable bonds is 9. The van der Waals surface area contributed by atoms with Crippen molar-refractivity contribution in [2.75, 3.05) is 20.3 Å². The Morgan fingerprint density at radius 2 is 1.53 bits per heavy atom. The molecule has 0 saturated heterocycles. The SMILES string of the molecule is COC(=O)c1cc(OCC(=O)NC23CCC(NC(=O)COc4ccc(Cl)c(F)c4)(CC2)[C@@H](O)C3)ccc1Cl. The van der Waals surface area contributed by atoms with E-state index in [9.17, 15) is 23.9 Å². The number of nitrogens with one attached hydrogen (secondary N) is 2. The Labute approximate surface area is 228 Å². The number of esters is 1. The molecule has 0 heterocycles. The molecule has 9 nitrogen and oxygen atoms in total. The van der Waals surface area contributed by atoms with Gasteiger partial charge in [-0.25, -0.2) is 9.18 Å². The molecule has 0 aromatic heterocycles. The van der Waals surface area contributed by atoms with Crippen molar-refractivity contribution in [3.05, 3.63) is 57.8 Å². The number of fused-ring (bicyclic) bond motifs is 3. The molecule has 3 fully saturated rings. The van der Waals surface area contributed by atoms with E-state index in [0.717, 1.165) is 6.07 Å². The lowest BCUT2D eigenvalue weighted by Gasteiger charge is -2.56. The van der Waals surface area contributed by atoms with Crippen molar-refractivity contribution in [3.8, 4) is 11.5 Å². The van der Waals surface area contributed by atoms with Crippen LogP contribution in [0.2, 0.25) is 10.0 Å². The summed E-state index contributed by atoms with van der Waals surface area (Å²) in [5.74, 6) is -1.66.